The van der Waals surface area contributed by atoms with Crippen molar-refractivity contribution in [3.63, 3.8) is 0 Å². The fraction of sp³-hybridized carbons (Fsp3) is 0.222. The van der Waals surface area contributed by atoms with Crippen LogP contribution in [0, 0.1) is 6.92 Å². The summed E-state index contributed by atoms with van der Waals surface area (Å²) in [7, 11) is -2.84. The van der Waals surface area contributed by atoms with Crippen LogP contribution in [0.25, 0.3) is 0 Å². The first kappa shape index (κ1) is 11.7. The lowest BCUT2D eigenvalue weighted by molar-refractivity contribution is 0.0963. The highest BCUT2D eigenvalue weighted by Crippen LogP contribution is 2.16. The number of hydrogen-bond acceptors (Lipinski definition) is 3. The summed E-state index contributed by atoms with van der Waals surface area (Å²) in [5, 5.41) is 2.36. The topological polar surface area (TPSA) is 83.5 Å². The summed E-state index contributed by atoms with van der Waals surface area (Å²) < 4.78 is 30.8. The summed E-state index contributed by atoms with van der Waals surface area (Å²) in [4.78, 5) is 11.0. The summed E-state index contributed by atoms with van der Waals surface area (Å²) >= 11 is 0. The number of benzene rings is 1. The predicted molar refractivity (Wildman–Crippen MR) is 54.4 cm³/mol. The molecule has 1 amide bonds. The smallest absolute Gasteiger partial charge is 0.294 e. The number of amides is 1. The second-order valence-electron chi connectivity index (χ2n) is 3.03. The van der Waals surface area contributed by atoms with Crippen LogP contribution >= 0.6 is 0 Å². The highest BCUT2D eigenvalue weighted by Gasteiger charge is 2.15. The molecule has 0 aliphatic heterocycles. The molecule has 1 aromatic rings. The predicted octanol–water partition coefficient (Wildman–Crippen LogP) is 0.601. The molecule has 0 saturated heterocycles. The van der Waals surface area contributed by atoms with Crippen LogP contribution in [0.4, 0.5) is 0 Å². The molecule has 0 heterocycles. The highest BCUT2D eigenvalue weighted by molar-refractivity contribution is 7.85. The third-order valence-corrected chi connectivity index (χ3v) is 2.95. The van der Waals surface area contributed by atoms with E-state index in [1.54, 1.807) is 0 Å². The van der Waals surface area contributed by atoms with Gasteiger partial charge in [-0.1, -0.05) is 6.07 Å². The molecule has 2 N–H and O–H groups in total. The molecule has 0 fully saturated rings. The molecule has 0 unspecified atom stereocenters. The van der Waals surface area contributed by atoms with Crippen molar-refractivity contribution in [2.75, 3.05) is 7.05 Å². The van der Waals surface area contributed by atoms with Gasteiger partial charge in [-0.15, -0.1) is 0 Å². The van der Waals surface area contributed by atoms with E-state index in [4.69, 9.17) is 4.55 Å². The van der Waals surface area contributed by atoms with Crippen LogP contribution in [-0.4, -0.2) is 25.9 Å². The summed E-state index contributed by atoms with van der Waals surface area (Å²) in [5.74, 6) is -0.403. The molecule has 6 heteroatoms. The third-order valence-electron chi connectivity index (χ3n) is 1.96. The van der Waals surface area contributed by atoms with E-state index in [1.807, 2.05) is 0 Å². The molecule has 1 aromatic carbocycles. The largest absolute Gasteiger partial charge is 0.355 e. The van der Waals surface area contributed by atoms with E-state index in [9.17, 15) is 13.2 Å². The zero-order chi connectivity index (χ0) is 11.6. The van der Waals surface area contributed by atoms with Gasteiger partial charge in [-0.05, 0) is 24.6 Å². The van der Waals surface area contributed by atoms with Gasteiger partial charge in [0.15, 0.2) is 0 Å². The van der Waals surface area contributed by atoms with E-state index in [-0.39, 0.29) is 10.5 Å². The lowest BCUT2D eigenvalue weighted by Crippen LogP contribution is -2.18. The molecule has 0 aromatic heterocycles. The molecule has 15 heavy (non-hydrogen) atoms. The Morgan fingerprint density at radius 1 is 1.40 bits per heavy atom. The van der Waals surface area contributed by atoms with Gasteiger partial charge in [0.2, 0.25) is 0 Å². The van der Waals surface area contributed by atoms with Crippen LogP contribution in [0.2, 0.25) is 0 Å². The van der Waals surface area contributed by atoms with Crippen LogP contribution in [0.15, 0.2) is 23.1 Å². The molecule has 0 radical (unpaired) electrons. The SMILES string of the molecule is CNC(=O)c1ccc(C)c(S(=O)(=O)O)c1. The summed E-state index contributed by atoms with van der Waals surface area (Å²) in [6.07, 6.45) is 0. The molecular formula is C9H11NO4S. The average Bonchev–Trinajstić information content (AvgIpc) is 2.15. The van der Waals surface area contributed by atoms with Crippen molar-refractivity contribution < 1.29 is 17.8 Å². The van der Waals surface area contributed by atoms with Crippen LogP contribution < -0.4 is 5.32 Å². The van der Waals surface area contributed by atoms with Gasteiger partial charge in [0.1, 0.15) is 0 Å². The molecular weight excluding hydrogens is 218 g/mol. The van der Waals surface area contributed by atoms with Crippen LogP contribution in [0.3, 0.4) is 0 Å². The lowest BCUT2D eigenvalue weighted by atomic mass is 10.1. The van der Waals surface area contributed by atoms with E-state index < -0.39 is 16.0 Å². The first-order valence-electron chi connectivity index (χ1n) is 4.16. The Kier molecular flexibility index (Phi) is 3.11. The van der Waals surface area contributed by atoms with E-state index in [2.05, 4.69) is 5.32 Å². The van der Waals surface area contributed by atoms with Crippen molar-refractivity contribution in [2.45, 2.75) is 11.8 Å². The zero-order valence-corrected chi connectivity index (χ0v) is 9.13. The Morgan fingerprint density at radius 2 is 2.00 bits per heavy atom. The number of hydrogen-bond donors (Lipinski definition) is 2. The van der Waals surface area contributed by atoms with E-state index in [0.29, 0.717) is 5.56 Å². The zero-order valence-electron chi connectivity index (χ0n) is 8.31. The normalized spacial score (nSPS) is 11.1. The Hall–Kier alpha value is -1.40. The minimum absolute atomic E-state index is 0.190. The Labute approximate surface area is 87.9 Å². The fourth-order valence-electron chi connectivity index (χ4n) is 1.16. The second-order valence-corrected chi connectivity index (χ2v) is 4.42. The second kappa shape index (κ2) is 4.00. The summed E-state index contributed by atoms with van der Waals surface area (Å²) in [6, 6.07) is 4.10. The quantitative estimate of drug-likeness (QED) is 0.727. The number of carbonyl (C=O) groups excluding carboxylic acids is 1. The van der Waals surface area contributed by atoms with Crippen molar-refractivity contribution in [1.82, 2.24) is 5.32 Å². The first-order valence-corrected chi connectivity index (χ1v) is 5.60. The molecule has 0 saturated carbocycles. The summed E-state index contributed by atoms with van der Waals surface area (Å²) in [6.45, 7) is 1.54. The maximum atomic E-state index is 11.2. The highest BCUT2D eigenvalue weighted by atomic mass is 32.2. The van der Waals surface area contributed by atoms with Gasteiger partial charge in [-0.3, -0.25) is 9.35 Å². The Bertz CT molecular complexity index is 493. The molecule has 0 atom stereocenters. The first-order chi connectivity index (χ1) is 6.86. The number of nitrogens with one attached hydrogen (secondary N) is 1. The molecule has 0 aliphatic rings. The van der Waals surface area contributed by atoms with Crippen molar-refractivity contribution in [3.8, 4) is 0 Å². The maximum Gasteiger partial charge on any atom is 0.294 e. The molecule has 0 spiro atoms. The molecule has 1 rings (SSSR count). The van der Waals surface area contributed by atoms with Crippen molar-refractivity contribution in [3.05, 3.63) is 29.3 Å². The average molecular weight is 229 g/mol. The van der Waals surface area contributed by atoms with Gasteiger partial charge >= 0.3 is 0 Å². The standard InChI is InChI=1S/C9H11NO4S/c1-6-3-4-7(9(11)10-2)5-8(6)15(12,13)14/h3-5H,1-2H3,(H,10,11)(H,12,13,14). The van der Waals surface area contributed by atoms with Gasteiger partial charge in [-0.25, -0.2) is 0 Å². The van der Waals surface area contributed by atoms with Gasteiger partial charge < -0.3 is 5.32 Å². The Balaban J connectivity index is 3.36. The van der Waals surface area contributed by atoms with Crippen LogP contribution in [0.5, 0.6) is 0 Å². The lowest BCUT2D eigenvalue weighted by Gasteiger charge is -2.05. The minimum atomic E-state index is -4.28. The van der Waals surface area contributed by atoms with Crippen LogP contribution in [0.1, 0.15) is 15.9 Å². The minimum Gasteiger partial charge on any atom is -0.355 e. The summed E-state index contributed by atoms with van der Waals surface area (Å²) in [5.41, 5.74) is 0.584. The fourth-order valence-corrected chi connectivity index (χ4v) is 1.91. The van der Waals surface area contributed by atoms with E-state index >= 15 is 0 Å². The van der Waals surface area contributed by atoms with E-state index in [0.717, 1.165) is 6.07 Å². The molecule has 5 nitrogen and oxygen atoms in total. The van der Waals surface area contributed by atoms with Gasteiger partial charge in [-0.2, -0.15) is 8.42 Å². The van der Waals surface area contributed by atoms with Gasteiger partial charge in [0.25, 0.3) is 16.0 Å². The van der Waals surface area contributed by atoms with Crippen molar-refractivity contribution >= 4 is 16.0 Å². The number of rotatable bonds is 2. The molecule has 0 bridgehead atoms. The van der Waals surface area contributed by atoms with E-state index in [1.165, 1.54) is 26.1 Å². The third kappa shape index (κ3) is 2.54. The monoisotopic (exact) mass is 229 g/mol. The Morgan fingerprint density at radius 3 is 2.47 bits per heavy atom. The van der Waals surface area contributed by atoms with Crippen molar-refractivity contribution in [1.29, 1.82) is 0 Å². The van der Waals surface area contributed by atoms with Crippen LogP contribution in [-0.2, 0) is 10.1 Å². The molecule has 82 valence electrons. The van der Waals surface area contributed by atoms with Gasteiger partial charge in [0, 0.05) is 12.6 Å². The maximum absolute atomic E-state index is 11.2. The number of carbonyl (C=O) groups is 1. The molecule has 0 aliphatic carbocycles. The van der Waals surface area contributed by atoms with Gasteiger partial charge in [0.05, 0.1) is 4.90 Å². The van der Waals surface area contributed by atoms with Crippen molar-refractivity contribution in [2.24, 2.45) is 0 Å². The number of aryl methyl sites for hydroxylation is 1.